The molecule has 8 nitrogen and oxygen atoms in total. The van der Waals surface area contributed by atoms with Gasteiger partial charge in [0.1, 0.15) is 0 Å². The number of aromatic nitrogens is 2. The summed E-state index contributed by atoms with van der Waals surface area (Å²) in [7, 11) is 1.51. The number of amides is 2. The molecule has 0 bridgehead atoms. The summed E-state index contributed by atoms with van der Waals surface area (Å²) in [6.07, 6.45) is 14.5. The first-order chi connectivity index (χ1) is 24.1. The maximum atomic E-state index is 10.2. The van der Waals surface area contributed by atoms with Crippen molar-refractivity contribution in [3.05, 3.63) is 95.6 Å². The van der Waals surface area contributed by atoms with Crippen molar-refractivity contribution < 1.29 is 9.59 Å². The summed E-state index contributed by atoms with van der Waals surface area (Å²) < 4.78 is 2.46. The summed E-state index contributed by atoms with van der Waals surface area (Å²) in [6, 6.07) is 29.3. The Bertz CT molecular complexity index is 1550. The van der Waals surface area contributed by atoms with Crippen LogP contribution in [0.5, 0.6) is 0 Å². The van der Waals surface area contributed by atoms with Crippen LogP contribution in [0, 0.1) is 6.92 Å². The van der Waals surface area contributed by atoms with Gasteiger partial charge in [0.15, 0.2) is 0 Å². The second-order valence-corrected chi connectivity index (χ2v) is 13.7. The van der Waals surface area contributed by atoms with E-state index in [4.69, 9.17) is 4.98 Å². The van der Waals surface area contributed by atoms with Gasteiger partial charge in [0.2, 0.25) is 18.3 Å². The predicted octanol–water partition coefficient (Wildman–Crippen LogP) is 7.06. The Balaban J connectivity index is 0.000000259. The van der Waals surface area contributed by atoms with E-state index >= 15 is 0 Å². The summed E-state index contributed by atoms with van der Waals surface area (Å²) in [5.74, 6) is 1.73. The molecule has 262 valence electrons. The van der Waals surface area contributed by atoms with Gasteiger partial charge in [-0.2, -0.15) is 0 Å². The minimum Gasteiger partial charge on any atom is -0.358 e. The molecular weight excluding hydrogens is 608 g/mol. The summed E-state index contributed by atoms with van der Waals surface area (Å²) in [5, 5.41) is 4.55. The fraction of sp³-hybridized carbons (Fsp3) is 0.488. The smallest absolute Gasteiger partial charge is 0.239 e. The van der Waals surface area contributed by atoms with Crippen LogP contribution in [0.15, 0.2) is 78.9 Å². The molecule has 2 saturated carbocycles. The topological polar surface area (TPSA) is 82.5 Å². The van der Waals surface area contributed by atoms with Crippen LogP contribution in [0.3, 0.4) is 0 Å². The normalized spacial score (nSPS) is 17.3. The zero-order valence-corrected chi connectivity index (χ0v) is 29.7. The Morgan fingerprint density at radius 1 is 0.796 bits per heavy atom. The highest BCUT2D eigenvalue weighted by molar-refractivity contribution is 5.79. The number of likely N-dealkylation sites (N-methyl/N-ethyl adjacent to an activating group) is 1. The first-order valence-corrected chi connectivity index (χ1v) is 18.5. The van der Waals surface area contributed by atoms with Crippen molar-refractivity contribution in [1.82, 2.24) is 25.1 Å². The molecule has 0 spiro atoms. The zero-order chi connectivity index (χ0) is 34.3. The van der Waals surface area contributed by atoms with Gasteiger partial charge in [0.25, 0.3) is 0 Å². The zero-order valence-electron chi connectivity index (χ0n) is 29.7. The standard InChI is InChI=1S/C30H40N4.C7H8.C4H8N2O2/c1-3-9-25(10-4-1)26-17-15-24(16-18-26)23-34-29-14-8-7-13-28(29)31-30(34)33-21-19-32(20-22-33)27-11-5-2-6-12-27;1-7-5-3-2-4-6-7;1-5-4(8)2-6-3-7/h7-8,13-18,25,27H,1-6,9-12,19-23H2;2-6H,1H3;3H,2H2,1H3,(H,5,8)(H,6,7). The number of piperazine rings is 1. The molecule has 2 N–H and O–H groups in total. The minimum atomic E-state index is -0.197. The van der Waals surface area contributed by atoms with Crippen molar-refractivity contribution in [2.45, 2.75) is 89.6 Å². The third-order valence-electron chi connectivity index (χ3n) is 10.3. The van der Waals surface area contributed by atoms with Crippen LogP contribution < -0.4 is 15.5 Å². The minimum absolute atomic E-state index is 0.0556. The Kier molecular flexibility index (Phi) is 14.1. The molecule has 3 aliphatic rings. The molecule has 49 heavy (non-hydrogen) atoms. The summed E-state index contributed by atoms with van der Waals surface area (Å²) in [6.45, 7) is 7.54. The maximum Gasteiger partial charge on any atom is 0.239 e. The van der Waals surface area contributed by atoms with Gasteiger partial charge in [-0.1, -0.05) is 111 Å². The average molecular weight is 665 g/mol. The van der Waals surface area contributed by atoms with Gasteiger partial charge in [0, 0.05) is 39.3 Å². The number of nitrogens with zero attached hydrogens (tertiary/aromatic N) is 4. The highest BCUT2D eigenvalue weighted by Gasteiger charge is 2.27. The molecule has 2 aliphatic carbocycles. The molecule has 8 heteroatoms. The number of anilines is 1. The number of nitrogens with one attached hydrogen (secondary N) is 2. The van der Waals surface area contributed by atoms with E-state index in [1.54, 1.807) is 0 Å². The molecule has 0 unspecified atom stereocenters. The SMILES string of the molecule is CNC(=O)CNC=O.Cc1ccccc1.c1ccc2c(c1)nc(N1CCN(C3CCCCC3)CC1)n2Cc1ccc(C2CCCCC2)cc1. The monoisotopic (exact) mass is 664 g/mol. The molecule has 4 aromatic rings. The van der Waals surface area contributed by atoms with Gasteiger partial charge in [0.05, 0.1) is 24.1 Å². The Morgan fingerprint density at radius 2 is 1.43 bits per heavy atom. The molecule has 3 aromatic carbocycles. The second kappa shape index (κ2) is 19.1. The number of rotatable bonds is 8. The van der Waals surface area contributed by atoms with E-state index in [2.05, 4.69) is 92.6 Å². The van der Waals surface area contributed by atoms with Crippen molar-refractivity contribution in [3.8, 4) is 0 Å². The Hall–Kier alpha value is -4.17. The molecular formula is C41H56N6O2. The van der Waals surface area contributed by atoms with Gasteiger partial charge >= 0.3 is 0 Å². The van der Waals surface area contributed by atoms with E-state index in [0.29, 0.717) is 6.41 Å². The first-order valence-electron chi connectivity index (χ1n) is 18.5. The Morgan fingerprint density at radius 3 is 2.04 bits per heavy atom. The van der Waals surface area contributed by atoms with E-state index in [-0.39, 0.29) is 12.5 Å². The van der Waals surface area contributed by atoms with Crippen molar-refractivity contribution in [2.24, 2.45) is 0 Å². The lowest BCUT2D eigenvalue weighted by Crippen LogP contribution is -2.51. The van der Waals surface area contributed by atoms with Crippen LogP contribution in [0.1, 0.15) is 86.8 Å². The number of imidazole rings is 1. The van der Waals surface area contributed by atoms with Crippen molar-refractivity contribution >= 4 is 29.3 Å². The van der Waals surface area contributed by atoms with Gasteiger partial charge in [-0.25, -0.2) is 4.98 Å². The van der Waals surface area contributed by atoms with E-state index in [1.807, 2.05) is 18.2 Å². The van der Waals surface area contributed by atoms with Crippen LogP contribution in [-0.2, 0) is 16.1 Å². The lowest BCUT2D eigenvalue weighted by molar-refractivity contribution is -0.121. The van der Waals surface area contributed by atoms with Gasteiger partial charge in [-0.3, -0.25) is 14.5 Å². The number of fused-ring (bicyclic) bond motifs is 1. The van der Waals surface area contributed by atoms with E-state index in [1.165, 1.54) is 107 Å². The molecule has 2 heterocycles. The fourth-order valence-electron chi connectivity index (χ4n) is 7.46. The number of para-hydroxylation sites is 2. The maximum absolute atomic E-state index is 10.2. The van der Waals surface area contributed by atoms with Crippen molar-refractivity contribution in [2.75, 3.05) is 44.7 Å². The number of hydrogen-bond donors (Lipinski definition) is 2. The lowest BCUT2D eigenvalue weighted by atomic mass is 9.84. The van der Waals surface area contributed by atoms with E-state index in [0.717, 1.165) is 43.1 Å². The number of carbonyl (C=O) groups excluding carboxylic acids is 2. The number of carbonyl (C=O) groups is 2. The quantitative estimate of drug-likeness (QED) is 0.197. The molecule has 1 aromatic heterocycles. The third-order valence-corrected chi connectivity index (χ3v) is 10.3. The number of hydrogen-bond acceptors (Lipinski definition) is 5. The van der Waals surface area contributed by atoms with E-state index < -0.39 is 0 Å². The predicted molar refractivity (Wildman–Crippen MR) is 201 cm³/mol. The molecule has 0 atom stereocenters. The van der Waals surface area contributed by atoms with Gasteiger partial charge < -0.3 is 20.1 Å². The van der Waals surface area contributed by atoms with Crippen LogP contribution in [0.4, 0.5) is 5.95 Å². The number of benzene rings is 3. The second-order valence-electron chi connectivity index (χ2n) is 13.7. The van der Waals surface area contributed by atoms with Crippen LogP contribution in [0.25, 0.3) is 11.0 Å². The van der Waals surface area contributed by atoms with E-state index in [9.17, 15) is 9.59 Å². The number of aryl methyl sites for hydroxylation is 1. The molecule has 7 rings (SSSR count). The first kappa shape index (κ1) is 36.1. The largest absolute Gasteiger partial charge is 0.358 e. The van der Waals surface area contributed by atoms with Crippen LogP contribution in [-0.4, -0.2) is 72.6 Å². The van der Waals surface area contributed by atoms with Crippen molar-refractivity contribution in [1.29, 1.82) is 0 Å². The fourth-order valence-corrected chi connectivity index (χ4v) is 7.46. The molecule has 1 aliphatic heterocycles. The lowest BCUT2D eigenvalue weighted by Gasteiger charge is -2.41. The van der Waals surface area contributed by atoms with Gasteiger partial charge in [-0.05, 0) is 61.8 Å². The highest BCUT2D eigenvalue weighted by Crippen LogP contribution is 2.33. The summed E-state index contributed by atoms with van der Waals surface area (Å²) in [5.41, 5.74) is 6.61. The molecule has 3 fully saturated rings. The van der Waals surface area contributed by atoms with Crippen LogP contribution in [0.2, 0.25) is 0 Å². The summed E-state index contributed by atoms with van der Waals surface area (Å²) >= 11 is 0. The molecule has 0 radical (unpaired) electrons. The van der Waals surface area contributed by atoms with Crippen LogP contribution >= 0.6 is 0 Å². The summed E-state index contributed by atoms with van der Waals surface area (Å²) in [4.78, 5) is 30.2. The van der Waals surface area contributed by atoms with Crippen molar-refractivity contribution in [3.63, 3.8) is 0 Å². The molecule has 2 amide bonds. The average Bonchev–Trinajstić information content (AvgIpc) is 3.53. The Labute approximate surface area is 293 Å². The highest BCUT2D eigenvalue weighted by atomic mass is 16.2. The van der Waals surface area contributed by atoms with Gasteiger partial charge in [-0.15, -0.1) is 0 Å². The third kappa shape index (κ3) is 10.7. The molecule has 1 saturated heterocycles.